The number of fused-ring (bicyclic) bond motifs is 2. The Labute approximate surface area is 331 Å². The molecule has 0 spiro atoms. The lowest BCUT2D eigenvalue weighted by Crippen LogP contribution is -2.49. The SMILES string of the molecule is C=C1O[C@@H]2[C@@H](CN(CC(C)C)C3CC(CCC(=O)Nc4ccc(C(C)(C)C)cc4N)C3)C[C@@H](n3ccc4c(NCc5ccc(OC)cc5OC)ncnc43)[C@@H]2O1. The van der Waals surface area contributed by atoms with Crippen molar-refractivity contribution in [3.63, 3.8) is 0 Å². The first-order chi connectivity index (χ1) is 26.8. The van der Waals surface area contributed by atoms with Gasteiger partial charge >= 0.3 is 0 Å². The molecule has 1 aliphatic heterocycles. The number of amides is 1. The number of benzene rings is 2. The van der Waals surface area contributed by atoms with Crippen molar-refractivity contribution in [2.24, 2.45) is 17.8 Å². The third kappa shape index (κ3) is 8.40. The van der Waals surface area contributed by atoms with Crippen LogP contribution in [0, 0.1) is 17.8 Å². The average molecular weight is 766 g/mol. The Balaban J connectivity index is 0.981. The smallest absolute Gasteiger partial charge is 0.272 e. The largest absolute Gasteiger partial charge is 0.497 e. The molecule has 0 bridgehead atoms. The summed E-state index contributed by atoms with van der Waals surface area (Å²) in [5.41, 5.74) is 10.6. The summed E-state index contributed by atoms with van der Waals surface area (Å²) in [6, 6.07) is 14.3. The van der Waals surface area contributed by atoms with E-state index in [1.807, 2.05) is 36.4 Å². The highest BCUT2D eigenvalue weighted by atomic mass is 16.7. The van der Waals surface area contributed by atoms with E-state index in [-0.39, 0.29) is 35.5 Å². The number of rotatable bonds is 15. The van der Waals surface area contributed by atoms with Crippen LogP contribution in [0.25, 0.3) is 11.0 Å². The van der Waals surface area contributed by atoms with E-state index in [1.165, 1.54) is 0 Å². The van der Waals surface area contributed by atoms with Crippen LogP contribution in [0.2, 0.25) is 0 Å². The summed E-state index contributed by atoms with van der Waals surface area (Å²) < 4.78 is 25.8. The molecule has 3 fully saturated rings. The van der Waals surface area contributed by atoms with Gasteiger partial charge in [0.15, 0.2) is 6.10 Å². The highest BCUT2D eigenvalue weighted by Gasteiger charge is 2.53. The Kier molecular flexibility index (Phi) is 11.4. The van der Waals surface area contributed by atoms with Crippen LogP contribution in [-0.4, -0.2) is 70.9 Å². The lowest BCUT2D eigenvalue weighted by atomic mass is 9.76. The first-order valence-electron chi connectivity index (χ1n) is 20.0. The van der Waals surface area contributed by atoms with Gasteiger partial charge in [-0.25, -0.2) is 9.97 Å². The van der Waals surface area contributed by atoms with Gasteiger partial charge in [-0.3, -0.25) is 9.69 Å². The molecule has 1 saturated heterocycles. The second-order valence-corrected chi connectivity index (χ2v) is 17.3. The second kappa shape index (κ2) is 16.3. The normalized spacial score (nSPS) is 23.1. The fraction of sp³-hybridized carbons (Fsp3) is 0.523. The first kappa shape index (κ1) is 39.3. The van der Waals surface area contributed by atoms with Gasteiger partial charge < -0.3 is 39.9 Å². The van der Waals surface area contributed by atoms with Crippen LogP contribution in [0.4, 0.5) is 17.2 Å². The zero-order chi connectivity index (χ0) is 39.7. The topological polar surface area (TPSA) is 138 Å². The van der Waals surface area contributed by atoms with Crippen LogP contribution in [0.5, 0.6) is 11.5 Å². The summed E-state index contributed by atoms with van der Waals surface area (Å²) in [5, 5.41) is 7.49. The van der Waals surface area contributed by atoms with Gasteiger partial charge in [-0.1, -0.05) is 40.7 Å². The Hall–Kier alpha value is -4.97. The molecule has 2 saturated carbocycles. The fourth-order valence-electron chi connectivity index (χ4n) is 8.78. The van der Waals surface area contributed by atoms with Gasteiger partial charge in [0.25, 0.3) is 5.95 Å². The van der Waals surface area contributed by atoms with E-state index in [1.54, 1.807) is 20.5 Å². The molecule has 3 aliphatic rings. The summed E-state index contributed by atoms with van der Waals surface area (Å²) in [5.74, 6) is 3.95. The molecule has 300 valence electrons. The standard InChI is InChI=1S/C44H59N7O5/c1-26(2)23-50(32-17-28(18-32)9-14-39(52)49-36-13-11-31(20-35(36)45)44(4,5)6)24-30-19-37(41-40(30)55-27(3)56-41)51-16-15-34-42(47-25-48-43(34)51)46-22-29-10-12-33(53-7)21-38(29)54-8/h10-13,15-16,20-21,25-26,28,30,32,37,40-41H,3,9,14,17-19,22-24,45H2,1-2,4-8H3,(H,49,52)(H,46,47,48)/t28?,30-,32?,37-,40-,41+/m1/s1. The van der Waals surface area contributed by atoms with Gasteiger partial charge in [-0.05, 0) is 85.4 Å². The number of hydrogen-bond acceptors (Lipinski definition) is 10. The molecule has 4 N–H and O–H groups in total. The lowest BCUT2D eigenvalue weighted by Gasteiger charge is -2.45. The number of carbonyl (C=O) groups is 1. The number of hydrogen-bond donors (Lipinski definition) is 3. The summed E-state index contributed by atoms with van der Waals surface area (Å²) in [6.07, 6.45) is 7.90. The maximum absolute atomic E-state index is 12.9. The Morgan fingerprint density at radius 2 is 1.84 bits per heavy atom. The summed E-state index contributed by atoms with van der Waals surface area (Å²) in [4.78, 5) is 25.0. The monoisotopic (exact) mass is 765 g/mol. The van der Waals surface area contributed by atoms with Crippen LogP contribution in [0.1, 0.15) is 83.9 Å². The van der Waals surface area contributed by atoms with Gasteiger partial charge in [0.2, 0.25) is 5.91 Å². The summed E-state index contributed by atoms with van der Waals surface area (Å²) in [6.45, 7) is 17.5. The van der Waals surface area contributed by atoms with Crippen molar-refractivity contribution in [3.05, 3.63) is 78.6 Å². The van der Waals surface area contributed by atoms with E-state index < -0.39 is 0 Å². The molecular weight excluding hydrogens is 707 g/mol. The maximum Gasteiger partial charge on any atom is 0.272 e. The van der Waals surface area contributed by atoms with Gasteiger partial charge in [0, 0.05) is 55.8 Å². The molecule has 12 heteroatoms. The molecule has 3 heterocycles. The quantitative estimate of drug-likeness (QED) is 0.102. The number of carbonyl (C=O) groups excluding carboxylic acids is 1. The highest BCUT2D eigenvalue weighted by Crippen LogP contribution is 2.47. The van der Waals surface area contributed by atoms with Crippen LogP contribution in [0.3, 0.4) is 0 Å². The molecule has 2 aromatic carbocycles. The van der Waals surface area contributed by atoms with Crippen molar-refractivity contribution in [2.45, 2.75) is 103 Å². The van der Waals surface area contributed by atoms with E-state index in [2.05, 4.69) is 78.5 Å². The predicted octanol–water partition coefficient (Wildman–Crippen LogP) is 7.91. The van der Waals surface area contributed by atoms with Crippen molar-refractivity contribution in [1.82, 2.24) is 19.4 Å². The van der Waals surface area contributed by atoms with Crippen molar-refractivity contribution >= 4 is 34.1 Å². The molecule has 0 radical (unpaired) electrons. The highest BCUT2D eigenvalue weighted by molar-refractivity contribution is 5.94. The zero-order valence-electron chi connectivity index (χ0n) is 34.0. The Morgan fingerprint density at radius 1 is 1.05 bits per heavy atom. The maximum atomic E-state index is 12.9. The first-order valence-corrected chi connectivity index (χ1v) is 20.0. The molecule has 56 heavy (non-hydrogen) atoms. The molecule has 7 rings (SSSR count). The minimum atomic E-state index is -0.162. The van der Waals surface area contributed by atoms with Crippen LogP contribution >= 0.6 is 0 Å². The van der Waals surface area contributed by atoms with Crippen LogP contribution in [-0.2, 0) is 26.2 Å². The number of aromatic nitrogens is 3. The summed E-state index contributed by atoms with van der Waals surface area (Å²) >= 11 is 0. The number of ether oxygens (including phenoxy) is 4. The van der Waals surface area contributed by atoms with E-state index in [0.29, 0.717) is 48.2 Å². The van der Waals surface area contributed by atoms with Gasteiger partial charge in [-0.15, -0.1) is 0 Å². The van der Waals surface area contributed by atoms with E-state index in [9.17, 15) is 4.79 Å². The lowest BCUT2D eigenvalue weighted by molar-refractivity contribution is -0.116. The van der Waals surface area contributed by atoms with E-state index in [0.717, 1.165) is 78.2 Å². The molecule has 0 unspecified atom stereocenters. The van der Waals surface area contributed by atoms with Gasteiger partial charge in [0.05, 0.1) is 37.0 Å². The number of methoxy groups -OCH3 is 2. The minimum absolute atomic E-state index is 0.000508. The van der Waals surface area contributed by atoms with Crippen molar-refractivity contribution < 1.29 is 23.7 Å². The van der Waals surface area contributed by atoms with Crippen molar-refractivity contribution in [2.75, 3.05) is 43.7 Å². The van der Waals surface area contributed by atoms with Crippen LogP contribution in [0.15, 0.2) is 67.5 Å². The molecule has 1 amide bonds. The predicted molar refractivity (Wildman–Crippen MR) is 221 cm³/mol. The number of nitrogens with zero attached hydrogens (tertiary/aromatic N) is 4. The van der Waals surface area contributed by atoms with Crippen molar-refractivity contribution in [1.29, 1.82) is 0 Å². The zero-order valence-corrected chi connectivity index (χ0v) is 34.0. The number of nitrogens with two attached hydrogens (primary N) is 1. The molecular formula is C44H59N7O5. The Morgan fingerprint density at radius 3 is 2.55 bits per heavy atom. The molecule has 12 nitrogen and oxygen atoms in total. The Bertz CT molecular complexity index is 2030. The van der Waals surface area contributed by atoms with Crippen LogP contribution < -0.4 is 25.8 Å². The van der Waals surface area contributed by atoms with Gasteiger partial charge in [-0.2, -0.15) is 0 Å². The molecule has 2 aliphatic carbocycles. The number of nitrogen functional groups attached to an aromatic ring is 1. The minimum Gasteiger partial charge on any atom is -0.497 e. The van der Waals surface area contributed by atoms with Gasteiger partial charge in [0.1, 0.15) is 35.4 Å². The average Bonchev–Trinajstić information content (AvgIpc) is 3.83. The molecule has 4 aromatic rings. The molecule has 2 aromatic heterocycles. The third-order valence-electron chi connectivity index (χ3n) is 11.8. The van der Waals surface area contributed by atoms with E-state index in [4.69, 9.17) is 29.7 Å². The fourth-order valence-corrected chi connectivity index (χ4v) is 8.78. The summed E-state index contributed by atoms with van der Waals surface area (Å²) in [7, 11) is 3.30. The molecule has 4 atom stereocenters. The second-order valence-electron chi connectivity index (χ2n) is 17.3. The van der Waals surface area contributed by atoms with E-state index >= 15 is 0 Å². The third-order valence-corrected chi connectivity index (χ3v) is 11.8. The number of anilines is 3. The number of nitrogens with one attached hydrogen (secondary N) is 2. The van der Waals surface area contributed by atoms with Crippen molar-refractivity contribution in [3.8, 4) is 11.5 Å².